The number of fused-ring (bicyclic) bond motifs is 1. The first kappa shape index (κ1) is 15.9. The molecule has 2 amide bonds. The monoisotopic (exact) mass is 349 g/mol. The van der Waals surface area contributed by atoms with Crippen LogP contribution in [0.5, 0.6) is 0 Å². The second-order valence-corrected chi connectivity index (χ2v) is 6.78. The number of amides is 2. The second-order valence-electron chi connectivity index (χ2n) is 5.09. The van der Waals surface area contributed by atoms with Gasteiger partial charge in [-0.1, -0.05) is 0 Å². The van der Waals surface area contributed by atoms with E-state index in [-0.39, 0.29) is 22.7 Å². The molecule has 2 aromatic rings. The molecule has 0 radical (unpaired) electrons. The van der Waals surface area contributed by atoms with E-state index < -0.39 is 27.7 Å². The minimum Gasteiger partial charge on any atom is -0.324 e. The highest BCUT2D eigenvalue weighted by atomic mass is 32.2. The molecule has 0 atom stereocenters. The molecule has 124 valence electrons. The summed E-state index contributed by atoms with van der Waals surface area (Å²) in [4.78, 5) is 22.9. The normalized spacial score (nSPS) is 14.2. The number of hydrogen-bond donors (Lipinski definition) is 3. The van der Waals surface area contributed by atoms with Crippen LogP contribution >= 0.6 is 0 Å². The van der Waals surface area contributed by atoms with Gasteiger partial charge in [-0.3, -0.25) is 14.3 Å². The van der Waals surface area contributed by atoms with E-state index in [9.17, 15) is 22.4 Å². The van der Waals surface area contributed by atoms with Gasteiger partial charge in [-0.05, 0) is 42.5 Å². The highest BCUT2D eigenvalue weighted by molar-refractivity contribution is 7.92. The molecule has 9 heteroatoms. The van der Waals surface area contributed by atoms with Gasteiger partial charge in [0.1, 0.15) is 12.2 Å². The molecule has 1 heterocycles. The Hall–Kier alpha value is -2.94. The Balaban J connectivity index is 1.93. The predicted octanol–water partition coefficient (Wildman–Crippen LogP) is 1.91. The van der Waals surface area contributed by atoms with Gasteiger partial charge in [-0.25, -0.2) is 12.8 Å². The summed E-state index contributed by atoms with van der Waals surface area (Å²) in [5, 5.41) is 4.98. The third kappa shape index (κ3) is 3.35. The van der Waals surface area contributed by atoms with Gasteiger partial charge in [0.05, 0.1) is 16.3 Å². The standard InChI is InChI=1S/C15H12FN3O4S/c16-9-1-3-10(4-2-9)19-24(22,23)11-5-6-12-13(7-11)18-15(21)8-14(20)17-12/h1-7,19H,8H2,(H,17,20)(H,18,21). The van der Waals surface area contributed by atoms with E-state index in [1.165, 1.54) is 30.3 Å². The molecule has 7 nitrogen and oxygen atoms in total. The smallest absolute Gasteiger partial charge is 0.261 e. The molecule has 3 N–H and O–H groups in total. The first-order valence-corrected chi connectivity index (χ1v) is 8.34. The molecule has 0 unspecified atom stereocenters. The van der Waals surface area contributed by atoms with Crippen molar-refractivity contribution in [2.75, 3.05) is 15.4 Å². The molecule has 3 rings (SSSR count). The lowest BCUT2D eigenvalue weighted by molar-refractivity contribution is -0.123. The summed E-state index contributed by atoms with van der Waals surface area (Å²) >= 11 is 0. The Labute approximate surface area is 136 Å². The number of hydrogen-bond acceptors (Lipinski definition) is 4. The number of halogens is 1. The van der Waals surface area contributed by atoms with Crippen LogP contribution in [0.15, 0.2) is 47.4 Å². The Kier molecular flexibility index (Phi) is 3.94. The molecule has 0 aromatic heterocycles. The minimum atomic E-state index is -3.94. The Morgan fingerprint density at radius 3 is 2.21 bits per heavy atom. The number of anilines is 3. The summed E-state index contributed by atoms with van der Waals surface area (Å²) in [6, 6.07) is 8.76. The van der Waals surface area contributed by atoms with Gasteiger partial charge in [-0.2, -0.15) is 0 Å². The number of benzene rings is 2. The van der Waals surface area contributed by atoms with Crippen LogP contribution in [0.4, 0.5) is 21.5 Å². The fraction of sp³-hybridized carbons (Fsp3) is 0.0667. The van der Waals surface area contributed by atoms with Crippen LogP contribution in [0.1, 0.15) is 6.42 Å². The number of rotatable bonds is 3. The predicted molar refractivity (Wildman–Crippen MR) is 85.5 cm³/mol. The fourth-order valence-corrected chi connectivity index (χ4v) is 3.25. The summed E-state index contributed by atoms with van der Waals surface area (Å²) in [6.07, 6.45) is -0.343. The van der Waals surface area contributed by atoms with Crippen molar-refractivity contribution in [1.29, 1.82) is 0 Å². The molecule has 0 fully saturated rings. The number of sulfonamides is 1. The van der Waals surface area contributed by atoms with Gasteiger partial charge < -0.3 is 10.6 Å². The molecule has 0 saturated carbocycles. The van der Waals surface area contributed by atoms with Crippen LogP contribution in [0.3, 0.4) is 0 Å². The summed E-state index contributed by atoms with van der Waals surface area (Å²) in [7, 11) is -3.94. The molecule has 2 aromatic carbocycles. The van der Waals surface area contributed by atoms with Crippen molar-refractivity contribution in [3.05, 3.63) is 48.3 Å². The van der Waals surface area contributed by atoms with Crippen LogP contribution in [0.25, 0.3) is 0 Å². The molecule has 1 aliphatic rings. The van der Waals surface area contributed by atoms with E-state index >= 15 is 0 Å². The lowest BCUT2D eigenvalue weighted by atomic mass is 10.2. The fourth-order valence-electron chi connectivity index (χ4n) is 2.17. The van der Waals surface area contributed by atoms with Crippen LogP contribution in [0, 0.1) is 5.82 Å². The zero-order chi connectivity index (χ0) is 17.3. The van der Waals surface area contributed by atoms with E-state index in [0.29, 0.717) is 5.69 Å². The van der Waals surface area contributed by atoms with Gasteiger partial charge in [0, 0.05) is 5.69 Å². The van der Waals surface area contributed by atoms with E-state index in [0.717, 1.165) is 12.1 Å². The van der Waals surface area contributed by atoms with Gasteiger partial charge in [-0.15, -0.1) is 0 Å². The third-order valence-electron chi connectivity index (χ3n) is 3.27. The number of carbonyl (C=O) groups is 2. The van der Waals surface area contributed by atoms with Crippen molar-refractivity contribution in [3.8, 4) is 0 Å². The highest BCUT2D eigenvalue weighted by Gasteiger charge is 2.21. The first-order valence-electron chi connectivity index (χ1n) is 6.86. The van der Waals surface area contributed by atoms with E-state index in [4.69, 9.17) is 0 Å². The SMILES string of the molecule is O=C1CC(=O)Nc2cc(S(=O)(=O)Nc3ccc(F)cc3)ccc2N1. The molecule has 1 aliphatic heterocycles. The molecule has 0 saturated heterocycles. The molecule has 0 aliphatic carbocycles. The lowest BCUT2D eigenvalue weighted by Crippen LogP contribution is -2.16. The van der Waals surface area contributed by atoms with Gasteiger partial charge >= 0.3 is 0 Å². The Bertz CT molecular complexity index is 926. The average Bonchev–Trinajstić information content (AvgIpc) is 2.64. The van der Waals surface area contributed by atoms with E-state index in [2.05, 4.69) is 15.4 Å². The van der Waals surface area contributed by atoms with Gasteiger partial charge in [0.15, 0.2) is 0 Å². The summed E-state index contributed by atoms with van der Waals surface area (Å²) in [6.45, 7) is 0. The topological polar surface area (TPSA) is 104 Å². The van der Waals surface area contributed by atoms with Crippen LogP contribution < -0.4 is 15.4 Å². The largest absolute Gasteiger partial charge is 0.324 e. The third-order valence-corrected chi connectivity index (χ3v) is 4.65. The average molecular weight is 349 g/mol. The van der Waals surface area contributed by atoms with Crippen molar-refractivity contribution in [3.63, 3.8) is 0 Å². The molecule has 0 spiro atoms. The maximum atomic E-state index is 12.9. The van der Waals surface area contributed by atoms with E-state index in [1.54, 1.807) is 0 Å². The van der Waals surface area contributed by atoms with Gasteiger partial charge in [0.2, 0.25) is 11.8 Å². The molecule has 0 bridgehead atoms. The Morgan fingerprint density at radius 1 is 0.917 bits per heavy atom. The Morgan fingerprint density at radius 2 is 1.54 bits per heavy atom. The number of carbonyl (C=O) groups excluding carboxylic acids is 2. The zero-order valence-electron chi connectivity index (χ0n) is 12.2. The molecular weight excluding hydrogens is 337 g/mol. The summed E-state index contributed by atoms with van der Waals surface area (Å²) in [5.41, 5.74) is 0.697. The van der Waals surface area contributed by atoms with Crippen LogP contribution in [0.2, 0.25) is 0 Å². The summed E-state index contributed by atoms with van der Waals surface area (Å²) < 4.78 is 40.0. The summed E-state index contributed by atoms with van der Waals surface area (Å²) in [5.74, 6) is -1.50. The van der Waals surface area contributed by atoms with E-state index in [1.807, 2.05) is 0 Å². The van der Waals surface area contributed by atoms with Crippen molar-refractivity contribution in [2.24, 2.45) is 0 Å². The van der Waals surface area contributed by atoms with Crippen molar-refractivity contribution in [2.45, 2.75) is 11.3 Å². The van der Waals surface area contributed by atoms with Crippen LogP contribution in [-0.4, -0.2) is 20.2 Å². The maximum absolute atomic E-state index is 12.9. The lowest BCUT2D eigenvalue weighted by Gasteiger charge is -2.11. The molecular formula is C15H12FN3O4S. The van der Waals surface area contributed by atoms with Gasteiger partial charge in [0.25, 0.3) is 10.0 Å². The second kappa shape index (κ2) is 5.93. The van der Waals surface area contributed by atoms with Crippen molar-refractivity contribution < 1.29 is 22.4 Å². The quantitative estimate of drug-likeness (QED) is 0.736. The number of nitrogens with one attached hydrogen (secondary N) is 3. The zero-order valence-corrected chi connectivity index (χ0v) is 13.0. The highest BCUT2D eigenvalue weighted by Crippen LogP contribution is 2.28. The van der Waals surface area contributed by atoms with Crippen LogP contribution in [-0.2, 0) is 19.6 Å². The van der Waals surface area contributed by atoms with Crippen molar-refractivity contribution in [1.82, 2.24) is 0 Å². The first-order chi connectivity index (χ1) is 11.3. The molecule has 24 heavy (non-hydrogen) atoms. The van der Waals surface area contributed by atoms with Crippen molar-refractivity contribution >= 4 is 38.9 Å². The minimum absolute atomic E-state index is 0.109. The maximum Gasteiger partial charge on any atom is 0.261 e.